The molecule has 2 unspecified atom stereocenters. The summed E-state index contributed by atoms with van der Waals surface area (Å²) in [5, 5.41) is 0. The maximum Gasteiger partial charge on any atom is 0.130 e. The second-order valence-corrected chi connectivity index (χ2v) is 21.4. The topological polar surface area (TPSA) is 21.7 Å². The van der Waals surface area contributed by atoms with Crippen LogP contribution in [0.4, 0.5) is 39.0 Å². The normalized spacial score (nSPS) is 15.2. The summed E-state index contributed by atoms with van der Waals surface area (Å²) in [7, 11) is 0. The predicted molar refractivity (Wildman–Crippen MR) is 334 cm³/mol. The Morgan fingerprint density at radius 3 is 1.03 bits per heavy atom. The Morgan fingerprint density at radius 2 is 0.651 bits per heavy atom. The van der Waals surface area contributed by atoms with E-state index in [4.69, 9.17) is 9.47 Å². The number of anilines is 3. The fraction of sp³-hybridized carbons (Fsp3) is 0.0256. The van der Waals surface area contributed by atoms with Crippen LogP contribution < -0.4 is 14.4 Å². The average Bonchev–Trinajstić information content (AvgIpc) is 1.53. The monoisotopic (exact) mass is 1130 g/mol. The lowest BCUT2D eigenvalue weighted by molar-refractivity contribution is 0.481. The number of ether oxygens (including phenoxy) is 2. The van der Waals surface area contributed by atoms with Crippen molar-refractivity contribution in [3.8, 4) is 56.4 Å². The van der Waals surface area contributed by atoms with Crippen LogP contribution >= 0.6 is 0 Å². The molecule has 2 atom stereocenters. The van der Waals surface area contributed by atoms with Gasteiger partial charge in [0.2, 0.25) is 0 Å². The molecular formula is C78H50F5NO2. The average molecular weight is 1130 g/mol. The van der Waals surface area contributed by atoms with E-state index >= 15 is 17.6 Å². The van der Waals surface area contributed by atoms with E-state index in [1.165, 1.54) is 48.5 Å². The van der Waals surface area contributed by atoms with Crippen LogP contribution in [0, 0.1) is 29.1 Å². The van der Waals surface area contributed by atoms with Gasteiger partial charge in [0.05, 0.1) is 10.8 Å². The molecule has 8 heteroatoms. The lowest BCUT2D eigenvalue weighted by atomic mass is 9.67. The maximum atomic E-state index is 17.3. The highest BCUT2D eigenvalue weighted by Crippen LogP contribution is 2.61. The van der Waals surface area contributed by atoms with Gasteiger partial charge in [-0.25, -0.2) is 22.0 Å². The molecule has 414 valence electrons. The van der Waals surface area contributed by atoms with Gasteiger partial charge < -0.3 is 14.4 Å². The zero-order valence-electron chi connectivity index (χ0n) is 46.1. The summed E-state index contributed by atoms with van der Waals surface area (Å²) in [6, 6.07) is 79.1. The number of fused-ring (bicyclic) bond motifs is 6. The Hall–Kier alpha value is -10.8. The Bertz CT molecular complexity index is 4310. The van der Waals surface area contributed by atoms with Crippen molar-refractivity contribution in [2.75, 3.05) is 4.90 Å². The van der Waals surface area contributed by atoms with Gasteiger partial charge in [0, 0.05) is 28.2 Å². The van der Waals surface area contributed by atoms with Crippen LogP contribution in [-0.2, 0) is 10.8 Å². The fourth-order valence-corrected chi connectivity index (χ4v) is 13.0. The van der Waals surface area contributed by atoms with E-state index in [1.54, 1.807) is 24.3 Å². The third-order valence-electron chi connectivity index (χ3n) is 16.8. The molecular weight excluding hydrogens is 1080 g/mol. The summed E-state index contributed by atoms with van der Waals surface area (Å²) in [6.07, 6.45) is 3.51. The molecule has 0 spiro atoms. The molecule has 0 radical (unpaired) electrons. The van der Waals surface area contributed by atoms with Crippen molar-refractivity contribution in [3.05, 3.63) is 365 Å². The van der Waals surface area contributed by atoms with E-state index in [9.17, 15) is 4.39 Å². The van der Waals surface area contributed by atoms with Crippen molar-refractivity contribution in [3.63, 3.8) is 0 Å². The van der Waals surface area contributed by atoms with E-state index in [1.807, 2.05) is 206 Å². The number of hydrogen-bond donors (Lipinski definition) is 0. The van der Waals surface area contributed by atoms with Crippen LogP contribution in [-0.4, -0.2) is 0 Å². The molecule has 3 nitrogen and oxygen atoms in total. The highest BCUT2D eigenvalue weighted by Gasteiger charge is 2.51. The highest BCUT2D eigenvalue weighted by molar-refractivity contribution is 5.93. The summed E-state index contributed by atoms with van der Waals surface area (Å²) >= 11 is 0. The SMILES string of the molecule is C=Cc1ccc(Oc2ccc(C3(c4c(F)cccc4F)c4ccccc4-c4ccc(N(c5ccc(-c6ccc(F)cc6)cc5)c5ccc6c(c5)C(c5ccc(Oc7ccc(C=C)cc7)cc5)(c5c(F)cccc5F)c5ccccc5-6)cc43)cc2)cc1. The van der Waals surface area contributed by atoms with Crippen LogP contribution in [0.1, 0.15) is 55.6 Å². The number of halogens is 5. The minimum atomic E-state index is -1.57. The summed E-state index contributed by atoms with van der Waals surface area (Å²) in [4.78, 5) is 2.05. The number of rotatable bonds is 14. The van der Waals surface area contributed by atoms with E-state index < -0.39 is 34.1 Å². The first-order valence-corrected chi connectivity index (χ1v) is 28.1. The fourth-order valence-electron chi connectivity index (χ4n) is 13.0. The molecule has 0 aromatic heterocycles. The molecule has 0 bridgehead atoms. The van der Waals surface area contributed by atoms with Gasteiger partial charge in [-0.15, -0.1) is 0 Å². The second kappa shape index (κ2) is 21.4. The highest BCUT2D eigenvalue weighted by atomic mass is 19.1. The maximum absolute atomic E-state index is 17.3. The third-order valence-corrected chi connectivity index (χ3v) is 16.8. The van der Waals surface area contributed by atoms with Crippen molar-refractivity contribution < 1.29 is 31.4 Å². The van der Waals surface area contributed by atoms with E-state index in [0.717, 1.165) is 44.5 Å². The van der Waals surface area contributed by atoms with Gasteiger partial charge in [-0.3, -0.25) is 0 Å². The minimum absolute atomic E-state index is 0.152. The van der Waals surface area contributed by atoms with Crippen LogP contribution in [0.2, 0.25) is 0 Å². The van der Waals surface area contributed by atoms with Gasteiger partial charge in [-0.2, -0.15) is 0 Å². The second-order valence-electron chi connectivity index (χ2n) is 21.4. The lowest BCUT2D eigenvalue weighted by Crippen LogP contribution is -2.31. The van der Waals surface area contributed by atoms with Gasteiger partial charge in [-0.1, -0.05) is 171 Å². The zero-order chi connectivity index (χ0) is 58.7. The summed E-state index contributed by atoms with van der Waals surface area (Å²) in [5.74, 6) is -1.04. The summed E-state index contributed by atoms with van der Waals surface area (Å²) in [5.41, 5.74) is 8.81. The van der Waals surface area contributed by atoms with Gasteiger partial charge in [0.15, 0.2) is 0 Å². The molecule has 2 aliphatic rings. The molecule has 12 aromatic rings. The molecule has 14 rings (SSSR count). The zero-order valence-corrected chi connectivity index (χ0v) is 46.1. The summed E-state index contributed by atoms with van der Waals surface area (Å²) in [6.45, 7) is 7.72. The number of nitrogens with zero attached hydrogens (tertiary/aromatic N) is 1. The molecule has 0 N–H and O–H groups in total. The van der Waals surface area contributed by atoms with Gasteiger partial charge in [0.25, 0.3) is 0 Å². The van der Waals surface area contributed by atoms with Crippen molar-refractivity contribution in [2.24, 2.45) is 0 Å². The third kappa shape index (κ3) is 8.71. The lowest BCUT2D eigenvalue weighted by Gasteiger charge is -2.36. The summed E-state index contributed by atoms with van der Waals surface area (Å²) < 4.78 is 96.0. The molecule has 2 aliphatic carbocycles. The van der Waals surface area contributed by atoms with E-state index in [0.29, 0.717) is 73.4 Å². The largest absolute Gasteiger partial charge is 0.457 e. The Balaban J connectivity index is 0.991. The van der Waals surface area contributed by atoms with Crippen LogP contribution in [0.3, 0.4) is 0 Å². The first-order chi connectivity index (χ1) is 42.1. The standard InChI is InChI=1S/C78H50F5NO2/c1-3-49-19-37-59(38-20-49)85-61-41-27-53(28-42-61)77(75-71(80)15-9-16-72(75)81)67-13-7-5-11-63(67)65-45-35-57(47-69(65)77)84(56-33-25-52(26-34-56)51-23-31-55(79)32-24-51)58-36-46-66-64-12-6-8-14-68(64)78(70(66)48-58,76-73(82)17-10-18-74(76)83)54-29-43-62(44-30-54)86-60-39-21-50(4-2)22-40-60/h3-48H,1-2H2. The van der Waals surface area contributed by atoms with Gasteiger partial charge in [-0.05, 0) is 199 Å². The molecule has 0 saturated heterocycles. The molecule has 0 heterocycles. The molecule has 86 heavy (non-hydrogen) atoms. The molecule has 0 fully saturated rings. The molecule has 0 amide bonds. The first-order valence-electron chi connectivity index (χ1n) is 28.1. The van der Waals surface area contributed by atoms with E-state index in [-0.39, 0.29) is 16.9 Å². The number of benzene rings is 12. The van der Waals surface area contributed by atoms with Gasteiger partial charge in [0.1, 0.15) is 52.1 Å². The molecule has 0 saturated carbocycles. The predicted octanol–water partition coefficient (Wildman–Crippen LogP) is 21.1. The van der Waals surface area contributed by atoms with E-state index in [2.05, 4.69) is 18.1 Å². The van der Waals surface area contributed by atoms with Crippen molar-refractivity contribution >= 4 is 29.2 Å². The molecule has 0 aliphatic heterocycles. The Kier molecular flexibility index (Phi) is 13.2. The van der Waals surface area contributed by atoms with Crippen LogP contribution in [0.25, 0.3) is 45.5 Å². The quantitative estimate of drug-likeness (QED) is 0.101. The first kappa shape index (κ1) is 53.2. The number of hydrogen-bond acceptors (Lipinski definition) is 3. The van der Waals surface area contributed by atoms with Crippen molar-refractivity contribution in [2.45, 2.75) is 10.8 Å². The van der Waals surface area contributed by atoms with Crippen LogP contribution in [0.15, 0.2) is 280 Å². The Morgan fingerprint density at radius 1 is 0.314 bits per heavy atom. The van der Waals surface area contributed by atoms with Gasteiger partial charge >= 0.3 is 0 Å². The smallest absolute Gasteiger partial charge is 0.130 e. The minimum Gasteiger partial charge on any atom is -0.457 e. The van der Waals surface area contributed by atoms with Crippen molar-refractivity contribution in [1.82, 2.24) is 0 Å². The molecule has 12 aromatic carbocycles. The van der Waals surface area contributed by atoms with Crippen molar-refractivity contribution in [1.29, 1.82) is 0 Å². The van der Waals surface area contributed by atoms with Crippen LogP contribution in [0.5, 0.6) is 23.0 Å². The Labute approximate surface area is 495 Å².